The minimum Gasteiger partial charge on any atom is -0.480 e. The SMILES string of the molecule is CC(=O)NCCCCCC(=O)N1CC(O)CC1C(=O)O. The van der Waals surface area contributed by atoms with Gasteiger partial charge in [0, 0.05) is 32.9 Å². The van der Waals surface area contributed by atoms with E-state index in [0.29, 0.717) is 13.0 Å². The second-order valence-corrected chi connectivity index (χ2v) is 5.08. The molecule has 2 unspecified atom stereocenters. The number of carbonyl (C=O) groups excluding carboxylic acids is 2. The molecular weight excluding hydrogens is 264 g/mol. The Morgan fingerprint density at radius 1 is 1.25 bits per heavy atom. The van der Waals surface area contributed by atoms with Gasteiger partial charge >= 0.3 is 5.97 Å². The second-order valence-electron chi connectivity index (χ2n) is 5.08. The molecule has 1 aliphatic rings. The van der Waals surface area contributed by atoms with E-state index in [1.807, 2.05) is 0 Å². The molecule has 0 aliphatic carbocycles. The summed E-state index contributed by atoms with van der Waals surface area (Å²) >= 11 is 0. The Bertz CT molecular complexity index is 372. The number of hydrogen-bond acceptors (Lipinski definition) is 4. The standard InChI is InChI=1S/C13H22N2O5/c1-9(16)14-6-4-2-3-5-12(18)15-8-10(17)7-11(15)13(19)20/h10-11,17H,2-8H2,1H3,(H,14,16)(H,19,20). The molecule has 1 rings (SSSR count). The Morgan fingerprint density at radius 2 is 1.95 bits per heavy atom. The van der Waals surface area contributed by atoms with E-state index in [4.69, 9.17) is 5.11 Å². The van der Waals surface area contributed by atoms with Crippen LogP contribution in [0.4, 0.5) is 0 Å². The van der Waals surface area contributed by atoms with E-state index in [9.17, 15) is 19.5 Å². The lowest BCUT2D eigenvalue weighted by Crippen LogP contribution is -2.40. The Kier molecular flexibility index (Phi) is 6.44. The third-order valence-corrected chi connectivity index (χ3v) is 3.33. The molecule has 0 aromatic heterocycles. The summed E-state index contributed by atoms with van der Waals surface area (Å²) in [6.07, 6.45) is 1.86. The third-order valence-electron chi connectivity index (χ3n) is 3.33. The van der Waals surface area contributed by atoms with Gasteiger partial charge in [-0.25, -0.2) is 4.79 Å². The first-order valence-electron chi connectivity index (χ1n) is 6.86. The Labute approximate surface area is 117 Å². The van der Waals surface area contributed by atoms with Crippen molar-refractivity contribution < 1.29 is 24.6 Å². The van der Waals surface area contributed by atoms with Crippen LogP contribution in [0.15, 0.2) is 0 Å². The van der Waals surface area contributed by atoms with Crippen LogP contribution in [0.25, 0.3) is 0 Å². The van der Waals surface area contributed by atoms with Crippen molar-refractivity contribution in [1.29, 1.82) is 0 Å². The quantitative estimate of drug-likeness (QED) is 0.558. The van der Waals surface area contributed by atoms with Crippen LogP contribution in [0.2, 0.25) is 0 Å². The first kappa shape index (κ1) is 16.4. The molecule has 2 atom stereocenters. The maximum Gasteiger partial charge on any atom is 0.326 e. The van der Waals surface area contributed by atoms with E-state index in [2.05, 4.69) is 5.32 Å². The molecule has 1 heterocycles. The van der Waals surface area contributed by atoms with E-state index >= 15 is 0 Å². The van der Waals surface area contributed by atoms with Gasteiger partial charge in [0.15, 0.2) is 0 Å². The highest BCUT2D eigenvalue weighted by atomic mass is 16.4. The maximum atomic E-state index is 11.9. The lowest BCUT2D eigenvalue weighted by Gasteiger charge is -2.21. The number of aliphatic hydroxyl groups is 1. The second kappa shape index (κ2) is 7.84. The van der Waals surface area contributed by atoms with E-state index in [1.54, 1.807) is 0 Å². The molecule has 7 nitrogen and oxygen atoms in total. The van der Waals surface area contributed by atoms with Crippen molar-refractivity contribution >= 4 is 17.8 Å². The monoisotopic (exact) mass is 286 g/mol. The number of carboxylic acids is 1. The van der Waals surface area contributed by atoms with Crippen LogP contribution in [-0.4, -0.2) is 58.1 Å². The highest BCUT2D eigenvalue weighted by Gasteiger charge is 2.38. The van der Waals surface area contributed by atoms with Crippen molar-refractivity contribution in [2.45, 2.75) is 51.2 Å². The summed E-state index contributed by atoms with van der Waals surface area (Å²) in [6.45, 7) is 2.14. The zero-order chi connectivity index (χ0) is 15.1. The lowest BCUT2D eigenvalue weighted by atomic mass is 10.1. The molecule has 0 aromatic rings. The van der Waals surface area contributed by atoms with Gasteiger partial charge in [0.25, 0.3) is 0 Å². The Balaban J connectivity index is 2.25. The van der Waals surface area contributed by atoms with Crippen molar-refractivity contribution in [3.8, 4) is 0 Å². The summed E-state index contributed by atoms with van der Waals surface area (Å²) in [4.78, 5) is 34.8. The van der Waals surface area contributed by atoms with Gasteiger partial charge < -0.3 is 20.4 Å². The van der Waals surface area contributed by atoms with Crippen LogP contribution in [0.1, 0.15) is 39.0 Å². The molecule has 0 spiro atoms. The number of nitrogens with zero attached hydrogens (tertiary/aromatic N) is 1. The highest BCUT2D eigenvalue weighted by Crippen LogP contribution is 2.19. The first-order valence-corrected chi connectivity index (χ1v) is 6.86. The fraction of sp³-hybridized carbons (Fsp3) is 0.769. The summed E-state index contributed by atoms with van der Waals surface area (Å²) in [6, 6.07) is -0.906. The number of hydrogen-bond donors (Lipinski definition) is 3. The number of carbonyl (C=O) groups is 3. The molecule has 7 heteroatoms. The molecule has 3 N–H and O–H groups in total. The van der Waals surface area contributed by atoms with E-state index < -0.39 is 18.1 Å². The zero-order valence-electron chi connectivity index (χ0n) is 11.7. The molecule has 20 heavy (non-hydrogen) atoms. The minimum absolute atomic E-state index is 0.0727. The highest BCUT2D eigenvalue weighted by molar-refractivity contribution is 5.84. The number of β-amino-alcohol motifs (C(OH)–C–C–N with tert-alkyl or cyclic N) is 1. The first-order chi connectivity index (χ1) is 9.41. The van der Waals surface area contributed by atoms with Crippen molar-refractivity contribution in [2.24, 2.45) is 0 Å². The number of likely N-dealkylation sites (tertiary alicyclic amines) is 1. The molecule has 1 aliphatic heterocycles. The fourth-order valence-corrected chi connectivity index (χ4v) is 2.31. The van der Waals surface area contributed by atoms with Crippen LogP contribution in [0.3, 0.4) is 0 Å². The maximum absolute atomic E-state index is 11.9. The predicted molar refractivity (Wildman–Crippen MR) is 70.9 cm³/mol. The molecule has 0 radical (unpaired) electrons. The predicted octanol–water partition coefficient (Wildman–Crippen LogP) is -0.271. The summed E-state index contributed by atoms with van der Waals surface area (Å²) in [5, 5.41) is 21.1. The van der Waals surface area contributed by atoms with Crippen LogP contribution < -0.4 is 5.32 Å². The summed E-state index contributed by atoms with van der Waals surface area (Å²) < 4.78 is 0. The van der Waals surface area contributed by atoms with Gasteiger partial charge in [0.1, 0.15) is 6.04 Å². The third kappa shape index (κ3) is 5.16. The van der Waals surface area contributed by atoms with Crippen LogP contribution >= 0.6 is 0 Å². The number of amides is 2. The molecule has 0 bridgehead atoms. The fourth-order valence-electron chi connectivity index (χ4n) is 2.31. The molecule has 1 fully saturated rings. The van der Waals surface area contributed by atoms with Crippen molar-refractivity contribution in [3.63, 3.8) is 0 Å². The molecular formula is C13H22N2O5. The summed E-state index contributed by atoms with van der Waals surface area (Å²) in [5.74, 6) is -1.37. The average molecular weight is 286 g/mol. The van der Waals surface area contributed by atoms with E-state index in [-0.39, 0.29) is 31.2 Å². The molecule has 2 amide bonds. The van der Waals surface area contributed by atoms with Crippen molar-refractivity contribution in [2.75, 3.05) is 13.1 Å². The minimum atomic E-state index is -1.07. The zero-order valence-corrected chi connectivity index (χ0v) is 11.7. The average Bonchev–Trinajstić information content (AvgIpc) is 2.75. The topological polar surface area (TPSA) is 107 Å². The Hall–Kier alpha value is -1.63. The van der Waals surface area contributed by atoms with Gasteiger partial charge in [-0.05, 0) is 12.8 Å². The molecule has 114 valence electrons. The van der Waals surface area contributed by atoms with Crippen molar-refractivity contribution in [1.82, 2.24) is 10.2 Å². The van der Waals surface area contributed by atoms with Gasteiger partial charge in [0.05, 0.1) is 6.10 Å². The largest absolute Gasteiger partial charge is 0.480 e. The van der Waals surface area contributed by atoms with Gasteiger partial charge in [-0.15, -0.1) is 0 Å². The Morgan fingerprint density at radius 3 is 2.55 bits per heavy atom. The number of nitrogens with one attached hydrogen (secondary N) is 1. The van der Waals surface area contributed by atoms with Crippen LogP contribution in [0, 0.1) is 0 Å². The number of aliphatic hydroxyl groups excluding tert-OH is 1. The van der Waals surface area contributed by atoms with Crippen LogP contribution in [0.5, 0.6) is 0 Å². The molecule has 0 aromatic carbocycles. The number of rotatable bonds is 7. The molecule has 1 saturated heterocycles. The van der Waals surface area contributed by atoms with Gasteiger partial charge in [-0.2, -0.15) is 0 Å². The number of carboxylic acid groups (broad SMARTS) is 1. The van der Waals surface area contributed by atoms with Crippen LogP contribution in [-0.2, 0) is 14.4 Å². The van der Waals surface area contributed by atoms with E-state index in [0.717, 1.165) is 12.8 Å². The smallest absolute Gasteiger partial charge is 0.326 e. The summed E-state index contributed by atoms with van der Waals surface area (Å²) in [5.41, 5.74) is 0. The van der Waals surface area contributed by atoms with E-state index in [1.165, 1.54) is 11.8 Å². The van der Waals surface area contributed by atoms with Gasteiger partial charge in [-0.1, -0.05) is 6.42 Å². The van der Waals surface area contributed by atoms with Gasteiger partial charge in [-0.3, -0.25) is 9.59 Å². The molecule has 0 saturated carbocycles. The number of unbranched alkanes of at least 4 members (excludes halogenated alkanes) is 2. The number of aliphatic carboxylic acids is 1. The lowest BCUT2D eigenvalue weighted by molar-refractivity contribution is -0.148. The van der Waals surface area contributed by atoms with Crippen molar-refractivity contribution in [3.05, 3.63) is 0 Å². The van der Waals surface area contributed by atoms with Gasteiger partial charge in [0.2, 0.25) is 11.8 Å². The summed E-state index contributed by atoms with van der Waals surface area (Å²) in [7, 11) is 0. The normalized spacial score (nSPS) is 21.8.